The molecule has 1 fully saturated rings. The Morgan fingerprint density at radius 1 is 1.09 bits per heavy atom. The van der Waals surface area contributed by atoms with Crippen molar-refractivity contribution in [3.63, 3.8) is 0 Å². The molecule has 180 valence electrons. The molecule has 2 aromatic carbocycles. The number of fused-ring (bicyclic) bond motifs is 1. The molecular formula is C26H24F3N5O. The van der Waals surface area contributed by atoms with Gasteiger partial charge in [-0.1, -0.05) is 36.4 Å². The number of nitrogens with one attached hydrogen (secondary N) is 1. The number of hydrogen-bond donors (Lipinski definition) is 1. The van der Waals surface area contributed by atoms with Crippen molar-refractivity contribution in [2.24, 2.45) is 5.92 Å². The van der Waals surface area contributed by atoms with Crippen LogP contribution >= 0.6 is 0 Å². The maximum Gasteiger partial charge on any atom is 0.416 e. The lowest BCUT2D eigenvalue weighted by molar-refractivity contribution is -0.137. The fourth-order valence-corrected chi connectivity index (χ4v) is 4.30. The Kier molecular flexibility index (Phi) is 5.78. The van der Waals surface area contributed by atoms with Crippen LogP contribution in [0.4, 0.5) is 19.0 Å². The Bertz CT molecular complexity index is 1390. The molecule has 0 unspecified atom stereocenters. The molecule has 4 aromatic rings. The van der Waals surface area contributed by atoms with Crippen molar-refractivity contribution in [3.8, 4) is 11.4 Å². The summed E-state index contributed by atoms with van der Waals surface area (Å²) in [6, 6.07) is 13.0. The highest BCUT2D eigenvalue weighted by Crippen LogP contribution is 2.36. The van der Waals surface area contributed by atoms with Crippen molar-refractivity contribution < 1.29 is 18.0 Å². The standard InChI is InChI=1S/C26H24F3N5O/c1-15-5-3-4-6-20(15)25-33-24-22(23(31-21(14-35)32-24)30-16(2)18-9-10-18)34(25)13-17-7-11-19(12-8-17)26(27,28)29/h3-8,11-12,14,16,18H,9-10,13H2,1-2H3,(H,30,31,32)/t16-/m1/s1. The summed E-state index contributed by atoms with van der Waals surface area (Å²) in [6.07, 6.45) is -1.55. The lowest BCUT2D eigenvalue weighted by Gasteiger charge is -2.17. The number of carbonyl (C=O) groups excluding carboxylic acids is 1. The Hall–Kier alpha value is -3.75. The highest BCUT2D eigenvalue weighted by molar-refractivity contribution is 5.89. The second-order valence-electron chi connectivity index (χ2n) is 9.02. The molecule has 0 bridgehead atoms. The van der Waals surface area contributed by atoms with Crippen LogP contribution in [0.5, 0.6) is 0 Å². The topological polar surface area (TPSA) is 72.7 Å². The summed E-state index contributed by atoms with van der Waals surface area (Å²) < 4.78 is 41.2. The predicted octanol–water partition coefficient (Wildman–Crippen LogP) is 5.89. The first kappa shape index (κ1) is 23.0. The number of imidazole rings is 1. The third kappa shape index (κ3) is 4.62. The minimum absolute atomic E-state index is 0.0264. The van der Waals surface area contributed by atoms with Gasteiger partial charge in [-0.2, -0.15) is 13.2 Å². The molecule has 0 amide bonds. The summed E-state index contributed by atoms with van der Waals surface area (Å²) >= 11 is 0. The fraction of sp³-hybridized carbons (Fsp3) is 0.308. The van der Waals surface area contributed by atoms with Gasteiger partial charge in [0, 0.05) is 18.2 Å². The normalized spacial score (nSPS) is 14.8. The number of aromatic nitrogens is 4. The molecule has 0 saturated heterocycles. The zero-order valence-corrected chi connectivity index (χ0v) is 19.3. The Morgan fingerprint density at radius 2 is 1.80 bits per heavy atom. The molecule has 35 heavy (non-hydrogen) atoms. The van der Waals surface area contributed by atoms with Gasteiger partial charge >= 0.3 is 6.18 Å². The van der Waals surface area contributed by atoms with Crippen LogP contribution < -0.4 is 5.32 Å². The van der Waals surface area contributed by atoms with Gasteiger partial charge < -0.3 is 9.88 Å². The van der Waals surface area contributed by atoms with E-state index in [0.29, 0.717) is 40.6 Å². The quantitative estimate of drug-likeness (QED) is 0.335. The van der Waals surface area contributed by atoms with Crippen LogP contribution in [0.15, 0.2) is 48.5 Å². The van der Waals surface area contributed by atoms with Gasteiger partial charge in [-0.15, -0.1) is 0 Å². The third-order valence-electron chi connectivity index (χ3n) is 6.43. The van der Waals surface area contributed by atoms with E-state index >= 15 is 0 Å². The van der Waals surface area contributed by atoms with Crippen molar-refractivity contribution in [1.82, 2.24) is 19.5 Å². The molecule has 6 nitrogen and oxygen atoms in total. The molecule has 2 aromatic heterocycles. The number of aryl methyl sites for hydroxylation is 1. The van der Waals surface area contributed by atoms with Crippen molar-refractivity contribution in [1.29, 1.82) is 0 Å². The number of nitrogens with zero attached hydrogens (tertiary/aromatic N) is 4. The van der Waals surface area contributed by atoms with E-state index in [2.05, 4.69) is 22.2 Å². The maximum atomic E-state index is 13.1. The number of aldehydes is 1. The summed E-state index contributed by atoms with van der Waals surface area (Å²) in [5.74, 6) is 1.66. The fourth-order valence-electron chi connectivity index (χ4n) is 4.30. The van der Waals surface area contributed by atoms with Crippen molar-refractivity contribution in [2.45, 2.75) is 45.5 Å². The number of rotatable bonds is 7. The summed E-state index contributed by atoms with van der Waals surface area (Å²) in [5.41, 5.74) is 2.80. The van der Waals surface area contributed by atoms with Crippen LogP contribution in [0.1, 0.15) is 47.1 Å². The average Bonchev–Trinajstić information content (AvgIpc) is 3.62. The highest BCUT2D eigenvalue weighted by Gasteiger charge is 2.31. The van der Waals surface area contributed by atoms with E-state index < -0.39 is 11.7 Å². The molecule has 2 heterocycles. The SMILES string of the molecule is Cc1ccccc1-c1nc2nc(C=O)nc(N[C@H](C)C3CC3)c2n1Cc1ccc(C(F)(F)F)cc1. The molecule has 1 aliphatic rings. The summed E-state index contributed by atoms with van der Waals surface area (Å²) in [4.78, 5) is 25.1. The second-order valence-corrected chi connectivity index (χ2v) is 9.02. The molecule has 1 atom stereocenters. The van der Waals surface area contributed by atoms with Crippen molar-refractivity contribution >= 4 is 23.3 Å². The smallest absolute Gasteiger partial charge is 0.365 e. The van der Waals surface area contributed by atoms with Gasteiger partial charge in [0.05, 0.1) is 5.56 Å². The molecule has 5 rings (SSSR count). The molecule has 9 heteroatoms. The first-order valence-electron chi connectivity index (χ1n) is 11.5. The number of carbonyl (C=O) groups is 1. The number of alkyl halides is 3. The number of benzene rings is 2. The first-order chi connectivity index (χ1) is 16.7. The zero-order chi connectivity index (χ0) is 24.7. The summed E-state index contributed by atoms with van der Waals surface area (Å²) in [5, 5.41) is 3.44. The number of hydrogen-bond acceptors (Lipinski definition) is 5. The van der Waals surface area contributed by atoms with Crippen LogP contribution in [-0.4, -0.2) is 31.8 Å². The van der Waals surface area contributed by atoms with E-state index in [-0.39, 0.29) is 18.4 Å². The minimum Gasteiger partial charge on any atom is -0.365 e. The third-order valence-corrected chi connectivity index (χ3v) is 6.43. The summed E-state index contributed by atoms with van der Waals surface area (Å²) in [7, 11) is 0. The van der Waals surface area contributed by atoms with Gasteiger partial charge in [0.1, 0.15) is 11.3 Å². The lowest BCUT2D eigenvalue weighted by Crippen LogP contribution is -2.20. The van der Waals surface area contributed by atoms with Gasteiger partial charge in [-0.25, -0.2) is 15.0 Å². The van der Waals surface area contributed by atoms with Crippen LogP contribution in [0.2, 0.25) is 0 Å². The van der Waals surface area contributed by atoms with Gasteiger partial charge in [0.25, 0.3) is 0 Å². The average molecular weight is 480 g/mol. The van der Waals surface area contributed by atoms with Crippen LogP contribution in [-0.2, 0) is 12.7 Å². The van der Waals surface area contributed by atoms with Crippen LogP contribution in [0.3, 0.4) is 0 Å². The molecule has 0 spiro atoms. The maximum absolute atomic E-state index is 13.1. The highest BCUT2D eigenvalue weighted by atomic mass is 19.4. The molecule has 1 saturated carbocycles. The molecule has 0 radical (unpaired) electrons. The van der Waals surface area contributed by atoms with Gasteiger partial charge in [0.2, 0.25) is 0 Å². The predicted molar refractivity (Wildman–Crippen MR) is 127 cm³/mol. The van der Waals surface area contributed by atoms with Crippen molar-refractivity contribution in [3.05, 3.63) is 71.0 Å². The molecule has 1 N–H and O–H groups in total. The van der Waals surface area contributed by atoms with Gasteiger partial charge in [0.15, 0.2) is 23.6 Å². The number of halogens is 3. The largest absolute Gasteiger partial charge is 0.416 e. The van der Waals surface area contributed by atoms with Crippen LogP contribution in [0.25, 0.3) is 22.6 Å². The van der Waals surface area contributed by atoms with Crippen molar-refractivity contribution in [2.75, 3.05) is 5.32 Å². The van der Waals surface area contributed by atoms with E-state index in [0.717, 1.165) is 36.1 Å². The molecule has 1 aliphatic carbocycles. The Labute approximate surface area is 200 Å². The van der Waals surface area contributed by atoms with E-state index in [4.69, 9.17) is 4.98 Å². The van der Waals surface area contributed by atoms with E-state index in [1.807, 2.05) is 35.8 Å². The molecule has 0 aliphatic heterocycles. The zero-order valence-electron chi connectivity index (χ0n) is 19.3. The second kappa shape index (κ2) is 8.79. The molecular weight excluding hydrogens is 455 g/mol. The monoisotopic (exact) mass is 479 g/mol. The van der Waals surface area contributed by atoms with E-state index in [1.54, 1.807) is 0 Å². The first-order valence-corrected chi connectivity index (χ1v) is 11.5. The van der Waals surface area contributed by atoms with Crippen LogP contribution in [0, 0.1) is 12.8 Å². The number of anilines is 1. The van der Waals surface area contributed by atoms with E-state index in [1.165, 1.54) is 12.1 Å². The summed E-state index contributed by atoms with van der Waals surface area (Å²) in [6.45, 7) is 4.30. The van der Waals surface area contributed by atoms with Gasteiger partial charge in [-0.05, 0) is 55.9 Å². The van der Waals surface area contributed by atoms with E-state index in [9.17, 15) is 18.0 Å². The minimum atomic E-state index is -4.40. The lowest BCUT2D eigenvalue weighted by atomic mass is 10.1. The Morgan fingerprint density at radius 3 is 2.43 bits per heavy atom. The Balaban J connectivity index is 1.68. The van der Waals surface area contributed by atoms with Gasteiger partial charge in [-0.3, -0.25) is 4.79 Å².